The number of benzene rings is 3. The maximum atomic E-state index is 11.9. The lowest BCUT2D eigenvalue weighted by atomic mass is 10.0. The lowest BCUT2D eigenvalue weighted by Gasteiger charge is -2.08. The molecule has 0 aliphatic rings. The smallest absolute Gasteiger partial charge is 0.277 e. The van der Waals surface area contributed by atoms with E-state index in [2.05, 4.69) is 24.4 Å². The van der Waals surface area contributed by atoms with Crippen molar-refractivity contribution in [3.8, 4) is 11.5 Å². The zero-order valence-electron chi connectivity index (χ0n) is 17.5. The number of hydrogen-bond donors (Lipinski definition) is 1. The maximum Gasteiger partial charge on any atom is 0.277 e. The summed E-state index contributed by atoms with van der Waals surface area (Å²) in [6, 6.07) is 22.7. The lowest BCUT2D eigenvalue weighted by Crippen LogP contribution is -2.24. The molecule has 3 aromatic carbocycles. The first-order valence-electron chi connectivity index (χ1n) is 10.0. The number of halogens is 1. The molecule has 3 rings (SSSR count). The molecular formula is C25H25ClN2O3. The van der Waals surface area contributed by atoms with Crippen LogP contribution in [0.3, 0.4) is 0 Å². The van der Waals surface area contributed by atoms with E-state index in [0.717, 1.165) is 16.9 Å². The van der Waals surface area contributed by atoms with Gasteiger partial charge in [0, 0.05) is 5.02 Å². The minimum Gasteiger partial charge on any atom is -0.489 e. The molecule has 0 bridgehead atoms. The average molecular weight is 437 g/mol. The van der Waals surface area contributed by atoms with Crippen molar-refractivity contribution in [2.75, 3.05) is 6.61 Å². The summed E-state index contributed by atoms with van der Waals surface area (Å²) >= 11 is 5.88. The van der Waals surface area contributed by atoms with Gasteiger partial charge in [0.2, 0.25) is 0 Å². The van der Waals surface area contributed by atoms with Crippen molar-refractivity contribution in [2.45, 2.75) is 26.4 Å². The van der Waals surface area contributed by atoms with Crippen molar-refractivity contribution in [2.24, 2.45) is 5.10 Å². The predicted octanol–water partition coefficient (Wildman–Crippen LogP) is 5.57. The van der Waals surface area contributed by atoms with Crippen LogP contribution in [-0.4, -0.2) is 18.7 Å². The monoisotopic (exact) mass is 436 g/mol. The van der Waals surface area contributed by atoms with E-state index in [1.807, 2.05) is 72.8 Å². The number of ether oxygens (including phenoxy) is 2. The van der Waals surface area contributed by atoms with Crippen LogP contribution in [0.5, 0.6) is 11.5 Å². The Balaban J connectivity index is 1.40. The topological polar surface area (TPSA) is 59.9 Å². The molecule has 1 N–H and O–H groups in total. The van der Waals surface area contributed by atoms with Gasteiger partial charge in [0.05, 0.1) is 6.21 Å². The highest BCUT2D eigenvalue weighted by molar-refractivity contribution is 6.30. The Morgan fingerprint density at radius 3 is 2.19 bits per heavy atom. The lowest BCUT2D eigenvalue weighted by molar-refractivity contribution is -0.123. The number of rotatable bonds is 9. The second kappa shape index (κ2) is 11.2. The van der Waals surface area contributed by atoms with Crippen LogP contribution in [-0.2, 0) is 11.4 Å². The summed E-state index contributed by atoms with van der Waals surface area (Å²) in [5, 5.41) is 4.67. The molecule has 0 aliphatic heterocycles. The van der Waals surface area contributed by atoms with Gasteiger partial charge in [0.15, 0.2) is 6.61 Å². The highest BCUT2D eigenvalue weighted by atomic mass is 35.5. The van der Waals surface area contributed by atoms with E-state index >= 15 is 0 Å². The van der Waals surface area contributed by atoms with E-state index in [1.165, 1.54) is 5.56 Å². The summed E-state index contributed by atoms with van der Waals surface area (Å²) in [5.41, 5.74) is 5.56. The van der Waals surface area contributed by atoms with Gasteiger partial charge < -0.3 is 9.47 Å². The number of nitrogens with zero attached hydrogens (tertiary/aromatic N) is 1. The van der Waals surface area contributed by atoms with Crippen LogP contribution in [0, 0.1) is 0 Å². The summed E-state index contributed by atoms with van der Waals surface area (Å²) in [4.78, 5) is 11.9. The fourth-order valence-corrected chi connectivity index (χ4v) is 2.83. The summed E-state index contributed by atoms with van der Waals surface area (Å²) < 4.78 is 11.2. The van der Waals surface area contributed by atoms with Gasteiger partial charge in [-0.15, -0.1) is 0 Å². The van der Waals surface area contributed by atoms with Crippen LogP contribution in [0.1, 0.15) is 36.5 Å². The highest BCUT2D eigenvalue weighted by Gasteiger charge is 2.03. The van der Waals surface area contributed by atoms with E-state index in [9.17, 15) is 4.79 Å². The molecule has 31 heavy (non-hydrogen) atoms. The number of amides is 1. The molecule has 0 spiro atoms. The van der Waals surface area contributed by atoms with Gasteiger partial charge in [0.1, 0.15) is 18.1 Å². The summed E-state index contributed by atoms with van der Waals surface area (Å²) in [6.07, 6.45) is 1.57. The fourth-order valence-electron chi connectivity index (χ4n) is 2.71. The van der Waals surface area contributed by atoms with Crippen molar-refractivity contribution in [1.82, 2.24) is 5.43 Å². The molecule has 5 nitrogen and oxygen atoms in total. The Bertz CT molecular complexity index is 998. The van der Waals surface area contributed by atoms with Gasteiger partial charge >= 0.3 is 0 Å². The second-order valence-electron chi connectivity index (χ2n) is 7.29. The molecule has 0 heterocycles. The Morgan fingerprint density at radius 2 is 1.55 bits per heavy atom. The molecular weight excluding hydrogens is 412 g/mol. The van der Waals surface area contributed by atoms with E-state index < -0.39 is 0 Å². The van der Waals surface area contributed by atoms with E-state index in [1.54, 1.807) is 6.21 Å². The SMILES string of the molecule is CC(C)c1ccc(OCC(=O)N/N=C/c2ccc(OCc3ccc(Cl)cc3)cc2)cc1. The third kappa shape index (κ3) is 7.46. The zero-order valence-corrected chi connectivity index (χ0v) is 18.3. The van der Waals surface area contributed by atoms with E-state index in [0.29, 0.717) is 23.3 Å². The van der Waals surface area contributed by atoms with Crippen LogP contribution < -0.4 is 14.9 Å². The number of nitrogens with one attached hydrogen (secondary N) is 1. The van der Waals surface area contributed by atoms with Crippen molar-refractivity contribution in [3.63, 3.8) is 0 Å². The van der Waals surface area contributed by atoms with Gasteiger partial charge in [-0.1, -0.05) is 49.7 Å². The minimum absolute atomic E-state index is 0.101. The minimum atomic E-state index is -0.327. The van der Waals surface area contributed by atoms with Crippen LogP contribution in [0.4, 0.5) is 0 Å². The molecule has 0 saturated carbocycles. The molecule has 0 atom stereocenters. The Morgan fingerprint density at radius 1 is 0.935 bits per heavy atom. The Labute approximate surface area is 187 Å². The molecule has 1 amide bonds. The molecule has 0 saturated heterocycles. The maximum absolute atomic E-state index is 11.9. The normalized spacial score (nSPS) is 11.0. The van der Waals surface area contributed by atoms with Crippen LogP contribution >= 0.6 is 11.6 Å². The van der Waals surface area contributed by atoms with E-state index in [-0.39, 0.29) is 12.5 Å². The first-order chi connectivity index (χ1) is 15.0. The molecule has 0 fully saturated rings. The molecule has 160 valence electrons. The number of carbonyl (C=O) groups excluding carboxylic acids is 1. The predicted molar refractivity (Wildman–Crippen MR) is 124 cm³/mol. The average Bonchev–Trinajstić information content (AvgIpc) is 2.78. The van der Waals surface area contributed by atoms with Gasteiger partial charge in [-0.3, -0.25) is 4.79 Å². The van der Waals surface area contributed by atoms with Crippen molar-refractivity contribution in [3.05, 3.63) is 94.5 Å². The van der Waals surface area contributed by atoms with Crippen LogP contribution in [0.25, 0.3) is 0 Å². The van der Waals surface area contributed by atoms with Gasteiger partial charge in [0.25, 0.3) is 5.91 Å². The number of hydrogen-bond acceptors (Lipinski definition) is 4. The highest BCUT2D eigenvalue weighted by Crippen LogP contribution is 2.18. The fraction of sp³-hybridized carbons (Fsp3) is 0.200. The van der Waals surface area contributed by atoms with Crippen LogP contribution in [0.15, 0.2) is 77.9 Å². The summed E-state index contributed by atoms with van der Waals surface area (Å²) in [7, 11) is 0. The number of hydrazone groups is 1. The van der Waals surface area contributed by atoms with Crippen LogP contribution in [0.2, 0.25) is 5.02 Å². The van der Waals surface area contributed by atoms with Crippen molar-refractivity contribution in [1.29, 1.82) is 0 Å². The largest absolute Gasteiger partial charge is 0.489 e. The molecule has 0 aromatic heterocycles. The third-order valence-corrected chi connectivity index (χ3v) is 4.77. The second-order valence-corrected chi connectivity index (χ2v) is 7.73. The quantitative estimate of drug-likeness (QED) is 0.352. The van der Waals surface area contributed by atoms with Gasteiger partial charge in [-0.05, 0) is 71.1 Å². The zero-order chi connectivity index (χ0) is 22.1. The number of carbonyl (C=O) groups is 1. The summed E-state index contributed by atoms with van der Waals surface area (Å²) in [6.45, 7) is 4.61. The first-order valence-corrected chi connectivity index (χ1v) is 10.4. The third-order valence-electron chi connectivity index (χ3n) is 4.52. The Kier molecular flexibility index (Phi) is 8.07. The van der Waals surface area contributed by atoms with Crippen molar-refractivity contribution >= 4 is 23.7 Å². The van der Waals surface area contributed by atoms with Crippen molar-refractivity contribution < 1.29 is 14.3 Å². The van der Waals surface area contributed by atoms with Gasteiger partial charge in [-0.25, -0.2) is 5.43 Å². The standard InChI is InChI=1S/C25H25ClN2O3/c1-18(2)21-7-13-24(14-8-21)31-17-25(29)28-27-15-19-5-11-23(12-6-19)30-16-20-3-9-22(26)10-4-20/h3-15,18H,16-17H2,1-2H3,(H,28,29)/b27-15+. The molecule has 0 aliphatic carbocycles. The molecule has 3 aromatic rings. The van der Waals surface area contributed by atoms with Gasteiger partial charge in [-0.2, -0.15) is 5.10 Å². The Hall–Kier alpha value is -3.31. The first kappa shape index (κ1) is 22.4. The molecule has 0 unspecified atom stereocenters. The molecule has 6 heteroatoms. The summed E-state index contributed by atoms with van der Waals surface area (Å²) in [5.74, 6) is 1.52. The van der Waals surface area contributed by atoms with E-state index in [4.69, 9.17) is 21.1 Å². The molecule has 0 radical (unpaired) electrons.